The van der Waals surface area contributed by atoms with E-state index in [2.05, 4.69) is 28.2 Å². The summed E-state index contributed by atoms with van der Waals surface area (Å²) in [7, 11) is 0. The highest BCUT2D eigenvalue weighted by Crippen LogP contribution is 2.46. The van der Waals surface area contributed by atoms with E-state index < -0.39 is 0 Å². The zero-order valence-corrected chi connectivity index (χ0v) is 15.4. The summed E-state index contributed by atoms with van der Waals surface area (Å²) in [5.74, 6) is 6.73. The first-order valence-electron chi connectivity index (χ1n) is 9.44. The largest absolute Gasteiger partial charge is 0.394 e. The second-order valence-electron chi connectivity index (χ2n) is 7.07. The van der Waals surface area contributed by atoms with Crippen LogP contribution in [0.1, 0.15) is 42.5 Å². The SMILES string of the molecule is CCC(=O)N1CC[C@@H]2[C@H]1c1cc(C#Cc3cccnc3)ccc1N[C@@H]2CO. The Morgan fingerprint density at radius 3 is 2.93 bits per heavy atom. The number of carbonyl (C=O) groups is 1. The van der Waals surface area contributed by atoms with E-state index >= 15 is 0 Å². The number of nitrogens with zero attached hydrogens (tertiary/aromatic N) is 2. The van der Waals surface area contributed by atoms with E-state index in [1.165, 1.54) is 0 Å². The second kappa shape index (κ2) is 7.42. The van der Waals surface area contributed by atoms with E-state index in [1.54, 1.807) is 12.4 Å². The normalized spacial score (nSPS) is 22.9. The molecule has 5 nitrogen and oxygen atoms in total. The summed E-state index contributed by atoms with van der Waals surface area (Å²) in [6.45, 7) is 2.71. The molecular formula is C22H23N3O2. The van der Waals surface area contributed by atoms with E-state index in [0.717, 1.165) is 35.3 Å². The molecule has 2 aromatic rings. The van der Waals surface area contributed by atoms with Crippen LogP contribution in [0.25, 0.3) is 0 Å². The lowest BCUT2D eigenvalue weighted by atomic mass is 9.82. The maximum Gasteiger partial charge on any atom is 0.222 e. The number of amides is 1. The van der Waals surface area contributed by atoms with Crippen molar-refractivity contribution < 1.29 is 9.90 Å². The number of aliphatic hydroxyl groups is 1. The predicted octanol–water partition coefficient (Wildman–Crippen LogP) is 2.57. The molecule has 27 heavy (non-hydrogen) atoms. The minimum Gasteiger partial charge on any atom is -0.394 e. The fraction of sp³-hybridized carbons (Fsp3) is 0.364. The van der Waals surface area contributed by atoms with E-state index in [4.69, 9.17) is 0 Å². The molecule has 0 radical (unpaired) electrons. The Hall–Kier alpha value is -2.84. The first-order chi connectivity index (χ1) is 13.2. The smallest absolute Gasteiger partial charge is 0.222 e. The van der Waals surface area contributed by atoms with Gasteiger partial charge >= 0.3 is 0 Å². The number of carbonyl (C=O) groups excluding carboxylic acids is 1. The molecule has 3 atom stereocenters. The number of hydrogen-bond acceptors (Lipinski definition) is 4. The number of anilines is 1. The Kier molecular flexibility index (Phi) is 4.83. The fourth-order valence-corrected chi connectivity index (χ4v) is 4.20. The number of nitrogens with one attached hydrogen (secondary N) is 1. The van der Waals surface area contributed by atoms with Crippen LogP contribution >= 0.6 is 0 Å². The summed E-state index contributed by atoms with van der Waals surface area (Å²) in [5.41, 5.74) is 3.87. The van der Waals surface area contributed by atoms with Gasteiger partial charge in [0.15, 0.2) is 0 Å². The topological polar surface area (TPSA) is 65.5 Å². The van der Waals surface area contributed by atoms with Crippen molar-refractivity contribution in [2.45, 2.75) is 31.8 Å². The van der Waals surface area contributed by atoms with Crippen LogP contribution in [0.5, 0.6) is 0 Å². The van der Waals surface area contributed by atoms with Crippen LogP contribution in [0.3, 0.4) is 0 Å². The summed E-state index contributed by atoms with van der Waals surface area (Å²) < 4.78 is 0. The summed E-state index contributed by atoms with van der Waals surface area (Å²) in [6.07, 6.45) is 4.87. The number of pyridine rings is 1. The first kappa shape index (κ1) is 17.6. The maximum atomic E-state index is 12.5. The molecule has 1 aromatic carbocycles. The lowest BCUT2D eigenvalue weighted by Gasteiger charge is -2.39. The standard InChI is InChI=1S/C22H23N3O2/c1-2-21(27)25-11-9-17-20(14-26)24-19-8-7-15(12-18(19)22(17)25)5-6-16-4-3-10-23-13-16/h3-4,7-8,10,12-13,17,20,22,24,26H,2,9,11,14H2,1H3/t17-,20+,22-/m0/s1. The Morgan fingerprint density at radius 2 is 2.19 bits per heavy atom. The molecule has 1 saturated heterocycles. The van der Waals surface area contributed by atoms with Gasteiger partial charge in [-0.25, -0.2) is 0 Å². The van der Waals surface area contributed by atoms with Crippen LogP contribution in [0.15, 0.2) is 42.7 Å². The highest BCUT2D eigenvalue weighted by Gasteiger charge is 2.45. The van der Waals surface area contributed by atoms with Crippen LogP contribution in [0, 0.1) is 17.8 Å². The van der Waals surface area contributed by atoms with Gasteiger partial charge < -0.3 is 15.3 Å². The third-order valence-corrected chi connectivity index (χ3v) is 5.50. The van der Waals surface area contributed by atoms with Gasteiger partial charge in [0.05, 0.1) is 18.7 Å². The van der Waals surface area contributed by atoms with Crippen molar-refractivity contribution in [3.05, 3.63) is 59.4 Å². The lowest BCUT2D eigenvalue weighted by Crippen LogP contribution is -2.42. The molecule has 2 aliphatic rings. The fourth-order valence-electron chi connectivity index (χ4n) is 4.20. The van der Waals surface area contributed by atoms with Crippen molar-refractivity contribution in [3.8, 4) is 11.8 Å². The van der Waals surface area contributed by atoms with Gasteiger partial charge in [-0.05, 0) is 42.3 Å². The molecule has 0 spiro atoms. The molecule has 0 unspecified atom stereocenters. The van der Waals surface area contributed by atoms with Crippen molar-refractivity contribution in [1.29, 1.82) is 0 Å². The molecular weight excluding hydrogens is 338 g/mol. The van der Waals surface area contributed by atoms with E-state index in [0.29, 0.717) is 6.42 Å². The molecule has 5 heteroatoms. The van der Waals surface area contributed by atoms with Crippen molar-refractivity contribution in [2.24, 2.45) is 5.92 Å². The van der Waals surface area contributed by atoms with E-state index in [1.807, 2.05) is 36.1 Å². The van der Waals surface area contributed by atoms with Gasteiger partial charge in [-0.3, -0.25) is 9.78 Å². The Labute approximate surface area is 159 Å². The molecule has 0 bridgehead atoms. The van der Waals surface area contributed by atoms with E-state index in [-0.39, 0.29) is 30.5 Å². The lowest BCUT2D eigenvalue weighted by molar-refractivity contribution is -0.132. The Balaban J connectivity index is 1.72. The highest BCUT2D eigenvalue weighted by molar-refractivity contribution is 5.77. The Morgan fingerprint density at radius 1 is 1.33 bits per heavy atom. The molecule has 1 fully saturated rings. The number of aromatic nitrogens is 1. The molecule has 2 N–H and O–H groups in total. The number of likely N-dealkylation sites (tertiary alicyclic amines) is 1. The Bertz CT molecular complexity index is 901. The van der Waals surface area contributed by atoms with Crippen molar-refractivity contribution >= 4 is 11.6 Å². The van der Waals surface area contributed by atoms with E-state index in [9.17, 15) is 9.90 Å². The van der Waals surface area contributed by atoms with Gasteiger partial charge in [0, 0.05) is 48.1 Å². The molecule has 138 valence electrons. The minimum absolute atomic E-state index is 0.00555. The van der Waals surface area contributed by atoms with Gasteiger partial charge in [0.1, 0.15) is 0 Å². The van der Waals surface area contributed by atoms with Gasteiger partial charge in [0.2, 0.25) is 5.91 Å². The highest BCUT2D eigenvalue weighted by atomic mass is 16.3. The minimum atomic E-state index is -0.0236. The number of aliphatic hydroxyl groups excluding tert-OH is 1. The number of benzene rings is 1. The van der Waals surface area contributed by atoms with Crippen LogP contribution in [0.4, 0.5) is 5.69 Å². The van der Waals surface area contributed by atoms with Crippen LogP contribution in [-0.4, -0.2) is 40.1 Å². The summed E-state index contributed by atoms with van der Waals surface area (Å²) in [6, 6.07) is 9.85. The predicted molar refractivity (Wildman–Crippen MR) is 104 cm³/mol. The maximum absolute atomic E-state index is 12.5. The molecule has 1 amide bonds. The van der Waals surface area contributed by atoms with Gasteiger partial charge in [0.25, 0.3) is 0 Å². The van der Waals surface area contributed by atoms with Crippen LogP contribution in [-0.2, 0) is 4.79 Å². The monoisotopic (exact) mass is 361 g/mol. The summed E-state index contributed by atoms with van der Waals surface area (Å²) in [5, 5.41) is 13.3. The average molecular weight is 361 g/mol. The molecule has 0 saturated carbocycles. The number of hydrogen-bond donors (Lipinski definition) is 2. The van der Waals surface area contributed by atoms with Gasteiger partial charge in [-0.2, -0.15) is 0 Å². The quantitative estimate of drug-likeness (QED) is 0.807. The molecule has 2 aliphatic heterocycles. The van der Waals surface area contributed by atoms with Crippen molar-refractivity contribution in [2.75, 3.05) is 18.5 Å². The van der Waals surface area contributed by atoms with Gasteiger partial charge in [-0.1, -0.05) is 18.8 Å². The average Bonchev–Trinajstić information content (AvgIpc) is 3.17. The molecule has 4 rings (SSSR count). The van der Waals surface area contributed by atoms with Crippen LogP contribution < -0.4 is 5.32 Å². The second-order valence-corrected chi connectivity index (χ2v) is 7.07. The summed E-state index contributed by atoms with van der Waals surface area (Å²) in [4.78, 5) is 18.5. The van der Waals surface area contributed by atoms with Gasteiger partial charge in [-0.15, -0.1) is 0 Å². The number of fused-ring (bicyclic) bond motifs is 3. The molecule has 1 aromatic heterocycles. The zero-order chi connectivity index (χ0) is 18.8. The van der Waals surface area contributed by atoms with Crippen molar-refractivity contribution in [3.63, 3.8) is 0 Å². The third-order valence-electron chi connectivity index (χ3n) is 5.50. The number of rotatable bonds is 2. The first-order valence-corrected chi connectivity index (χ1v) is 9.44. The van der Waals surface area contributed by atoms with Crippen LogP contribution in [0.2, 0.25) is 0 Å². The molecule has 3 heterocycles. The van der Waals surface area contributed by atoms with Crippen molar-refractivity contribution in [1.82, 2.24) is 9.88 Å². The zero-order valence-electron chi connectivity index (χ0n) is 15.4. The third kappa shape index (κ3) is 3.29. The summed E-state index contributed by atoms with van der Waals surface area (Å²) >= 11 is 0. The molecule has 0 aliphatic carbocycles.